The highest BCUT2D eigenvalue weighted by atomic mass is 16.5. The van der Waals surface area contributed by atoms with Gasteiger partial charge in [-0.25, -0.2) is 10.6 Å². The monoisotopic (exact) mass is 237 g/mol. The maximum Gasteiger partial charge on any atom is 0.407 e. The van der Waals surface area contributed by atoms with Gasteiger partial charge in [0.25, 0.3) is 0 Å². The Kier molecular flexibility index (Phi) is 5.29. The van der Waals surface area contributed by atoms with Gasteiger partial charge in [0.05, 0.1) is 18.8 Å². The van der Waals surface area contributed by atoms with E-state index in [1.165, 1.54) is 0 Å². The van der Waals surface area contributed by atoms with E-state index in [-0.39, 0.29) is 0 Å². The van der Waals surface area contributed by atoms with Crippen molar-refractivity contribution in [2.24, 2.45) is 5.84 Å². The number of nitrogens with one attached hydrogen (secondary N) is 1. The highest BCUT2D eigenvalue weighted by Crippen LogP contribution is 2.11. The molecule has 0 aliphatic heterocycles. The summed E-state index contributed by atoms with van der Waals surface area (Å²) in [4.78, 5) is 11.0. The minimum atomic E-state index is -0.412. The summed E-state index contributed by atoms with van der Waals surface area (Å²) in [6.07, 6.45) is -0.412. The molecule has 17 heavy (non-hydrogen) atoms. The maximum absolute atomic E-state index is 11.0. The first-order valence-electron chi connectivity index (χ1n) is 5.63. The Morgan fingerprint density at radius 3 is 2.94 bits per heavy atom. The molecule has 0 radical (unpaired) electrons. The van der Waals surface area contributed by atoms with Gasteiger partial charge in [-0.2, -0.15) is 0 Å². The van der Waals surface area contributed by atoms with Crippen LogP contribution >= 0.6 is 0 Å². The van der Waals surface area contributed by atoms with Crippen molar-refractivity contribution < 1.29 is 9.53 Å². The number of benzene rings is 1. The minimum absolute atomic E-state index is 0.371. The van der Waals surface area contributed by atoms with E-state index in [4.69, 9.17) is 10.6 Å². The standard InChI is InChI=1S/C12H19N3O2/c1-3-17-12(16)14-7-8-15(13)11-6-4-5-10(2)9-11/h4-6,9H,3,7-8,13H2,1-2H3,(H,14,16). The number of hydrazine groups is 1. The average Bonchev–Trinajstić information content (AvgIpc) is 2.29. The van der Waals surface area contributed by atoms with Crippen LogP contribution in [0.2, 0.25) is 0 Å². The Balaban J connectivity index is 2.35. The fourth-order valence-corrected chi connectivity index (χ4v) is 1.40. The fraction of sp³-hybridized carbons (Fsp3) is 0.417. The Labute approximate surface area is 102 Å². The van der Waals surface area contributed by atoms with Gasteiger partial charge in [-0.1, -0.05) is 12.1 Å². The largest absolute Gasteiger partial charge is 0.450 e. The van der Waals surface area contributed by atoms with Crippen molar-refractivity contribution in [3.8, 4) is 0 Å². The second-order valence-electron chi connectivity index (χ2n) is 3.68. The molecule has 1 amide bonds. The number of hydrogen-bond acceptors (Lipinski definition) is 4. The van der Waals surface area contributed by atoms with Gasteiger partial charge < -0.3 is 15.1 Å². The molecule has 5 heteroatoms. The highest BCUT2D eigenvalue weighted by molar-refractivity contribution is 5.67. The van der Waals surface area contributed by atoms with Crippen LogP contribution in [0.5, 0.6) is 0 Å². The summed E-state index contributed by atoms with van der Waals surface area (Å²) >= 11 is 0. The van der Waals surface area contributed by atoms with Crippen LogP contribution in [0.4, 0.5) is 10.5 Å². The predicted molar refractivity (Wildman–Crippen MR) is 67.7 cm³/mol. The number of carbonyl (C=O) groups excluding carboxylic acids is 1. The molecule has 0 heterocycles. The normalized spacial score (nSPS) is 9.82. The van der Waals surface area contributed by atoms with Crippen molar-refractivity contribution in [1.29, 1.82) is 0 Å². The first-order chi connectivity index (χ1) is 8.13. The number of nitrogens with zero attached hydrogens (tertiary/aromatic N) is 1. The van der Waals surface area contributed by atoms with Crippen LogP contribution in [-0.4, -0.2) is 25.8 Å². The summed E-state index contributed by atoms with van der Waals surface area (Å²) in [5.74, 6) is 5.87. The second kappa shape index (κ2) is 6.75. The maximum atomic E-state index is 11.0. The third-order valence-electron chi connectivity index (χ3n) is 2.23. The van der Waals surface area contributed by atoms with Crippen LogP contribution in [0, 0.1) is 6.92 Å². The van der Waals surface area contributed by atoms with Crippen LogP contribution in [0.1, 0.15) is 12.5 Å². The van der Waals surface area contributed by atoms with E-state index in [0.717, 1.165) is 11.3 Å². The molecule has 0 saturated heterocycles. The Morgan fingerprint density at radius 1 is 1.53 bits per heavy atom. The molecule has 0 aliphatic rings. The number of amides is 1. The second-order valence-corrected chi connectivity index (χ2v) is 3.68. The number of carbonyl (C=O) groups is 1. The number of nitrogens with two attached hydrogens (primary N) is 1. The van der Waals surface area contributed by atoms with Gasteiger partial charge in [-0.15, -0.1) is 0 Å². The molecule has 0 atom stereocenters. The molecule has 0 unspecified atom stereocenters. The van der Waals surface area contributed by atoms with E-state index < -0.39 is 6.09 Å². The average molecular weight is 237 g/mol. The molecule has 0 spiro atoms. The van der Waals surface area contributed by atoms with E-state index in [0.29, 0.717) is 19.7 Å². The molecule has 1 rings (SSSR count). The molecule has 1 aromatic carbocycles. The Bertz CT molecular complexity index is 369. The zero-order chi connectivity index (χ0) is 12.7. The van der Waals surface area contributed by atoms with E-state index >= 15 is 0 Å². The van der Waals surface area contributed by atoms with Crippen molar-refractivity contribution in [2.75, 3.05) is 24.7 Å². The molecule has 0 saturated carbocycles. The number of anilines is 1. The summed E-state index contributed by atoms with van der Waals surface area (Å²) < 4.78 is 4.74. The summed E-state index contributed by atoms with van der Waals surface area (Å²) in [5, 5.41) is 4.21. The highest BCUT2D eigenvalue weighted by Gasteiger charge is 2.03. The fourth-order valence-electron chi connectivity index (χ4n) is 1.40. The lowest BCUT2D eigenvalue weighted by Crippen LogP contribution is -2.39. The molecule has 0 bridgehead atoms. The first kappa shape index (κ1) is 13.3. The zero-order valence-corrected chi connectivity index (χ0v) is 10.3. The van der Waals surface area contributed by atoms with Crippen LogP contribution in [-0.2, 0) is 4.74 Å². The van der Waals surface area contributed by atoms with Crippen LogP contribution < -0.4 is 16.2 Å². The SMILES string of the molecule is CCOC(=O)NCCN(N)c1cccc(C)c1. The van der Waals surface area contributed by atoms with Crippen LogP contribution in [0.15, 0.2) is 24.3 Å². The third kappa shape index (κ3) is 4.74. The molecule has 5 nitrogen and oxygen atoms in total. The Morgan fingerprint density at radius 2 is 2.29 bits per heavy atom. The molecule has 94 valence electrons. The van der Waals surface area contributed by atoms with Crippen molar-refractivity contribution in [2.45, 2.75) is 13.8 Å². The van der Waals surface area contributed by atoms with Gasteiger partial charge in [0.1, 0.15) is 0 Å². The number of hydrogen-bond donors (Lipinski definition) is 2. The van der Waals surface area contributed by atoms with Gasteiger partial charge in [-0.3, -0.25) is 0 Å². The lowest BCUT2D eigenvalue weighted by molar-refractivity contribution is 0.152. The van der Waals surface area contributed by atoms with Crippen molar-refractivity contribution in [3.63, 3.8) is 0 Å². The summed E-state index contributed by atoms with van der Waals surface area (Å²) in [6, 6.07) is 7.87. The number of rotatable bonds is 5. The Hall–Kier alpha value is -1.75. The van der Waals surface area contributed by atoms with Gasteiger partial charge in [-0.05, 0) is 31.5 Å². The molecule has 0 aliphatic carbocycles. The van der Waals surface area contributed by atoms with Crippen molar-refractivity contribution in [1.82, 2.24) is 5.32 Å². The van der Waals surface area contributed by atoms with E-state index in [1.807, 2.05) is 31.2 Å². The van der Waals surface area contributed by atoms with Gasteiger partial charge >= 0.3 is 6.09 Å². The minimum Gasteiger partial charge on any atom is -0.450 e. The predicted octanol–water partition coefficient (Wildman–Crippen LogP) is 1.42. The topological polar surface area (TPSA) is 67.6 Å². The van der Waals surface area contributed by atoms with Crippen LogP contribution in [0.25, 0.3) is 0 Å². The zero-order valence-electron chi connectivity index (χ0n) is 10.3. The number of aryl methyl sites for hydroxylation is 1. The van der Waals surface area contributed by atoms with Crippen molar-refractivity contribution in [3.05, 3.63) is 29.8 Å². The third-order valence-corrected chi connectivity index (χ3v) is 2.23. The van der Waals surface area contributed by atoms with Crippen LogP contribution in [0.3, 0.4) is 0 Å². The molecule has 1 aromatic rings. The molecule has 3 N–H and O–H groups in total. The number of alkyl carbamates (subject to hydrolysis) is 1. The first-order valence-corrected chi connectivity index (χ1v) is 5.63. The summed E-state index contributed by atoms with van der Waals surface area (Å²) in [5.41, 5.74) is 2.08. The summed E-state index contributed by atoms with van der Waals surface area (Å²) in [7, 11) is 0. The lowest BCUT2D eigenvalue weighted by Gasteiger charge is -2.19. The van der Waals surface area contributed by atoms with E-state index in [2.05, 4.69) is 5.32 Å². The van der Waals surface area contributed by atoms with E-state index in [1.54, 1.807) is 11.9 Å². The lowest BCUT2D eigenvalue weighted by atomic mass is 10.2. The molecule has 0 fully saturated rings. The van der Waals surface area contributed by atoms with Gasteiger partial charge in [0, 0.05) is 6.54 Å². The quantitative estimate of drug-likeness (QED) is 0.600. The van der Waals surface area contributed by atoms with Crippen molar-refractivity contribution >= 4 is 11.8 Å². The molecule has 0 aromatic heterocycles. The summed E-state index contributed by atoms with van der Waals surface area (Å²) in [6.45, 7) is 5.12. The molecular weight excluding hydrogens is 218 g/mol. The molecular formula is C12H19N3O2. The smallest absolute Gasteiger partial charge is 0.407 e. The van der Waals surface area contributed by atoms with Gasteiger partial charge in [0.15, 0.2) is 0 Å². The van der Waals surface area contributed by atoms with E-state index in [9.17, 15) is 4.79 Å². The number of ether oxygens (including phenoxy) is 1. The van der Waals surface area contributed by atoms with Gasteiger partial charge in [0.2, 0.25) is 0 Å².